The summed E-state index contributed by atoms with van der Waals surface area (Å²) in [5, 5.41) is 2.25. The van der Waals surface area contributed by atoms with E-state index in [0.29, 0.717) is 5.89 Å². The van der Waals surface area contributed by atoms with Crippen molar-refractivity contribution in [2.75, 3.05) is 4.90 Å². The summed E-state index contributed by atoms with van der Waals surface area (Å²) >= 11 is 0. The molecular formula is C45H34N2O. The van der Waals surface area contributed by atoms with Crippen molar-refractivity contribution in [3.05, 3.63) is 186 Å². The zero-order valence-corrected chi connectivity index (χ0v) is 26.6. The van der Waals surface area contributed by atoms with Crippen LogP contribution in [0.25, 0.3) is 44.5 Å². The summed E-state index contributed by atoms with van der Waals surface area (Å²) in [4.78, 5) is 7.48. The number of allylic oxidation sites excluding steroid dienone is 5. The number of oxazole rings is 1. The molecule has 230 valence electrons. The summed E-state index contributed by atoms with van der Waals surface area (Å²) in [6, 6.07) is 49.5. The smallest absolute Gasteiger partial charge is 0.227 e. The van der Waals surface area contributed by atoms with Gasteiger partial charge in [-0.3, -0.25) is 0 Å². The molecule has 1 heterocycles. The minimum atomic E-state index is 0.655. The average molecular weight is 619 g/mol. The molecule has 0 saturated carbocycles. The number of benzene rings is 6. The van der Waals surface area contributed by atoms with Gasteiger partial charge < -0.3 is 9.32 Å². The summed E-state index contributed by atoms with van der Waals surface area (Å²) < 4.78 is 6.48. The van der Waals surface area contributed by atoms with Gasteiger partial charge in [-0.25, -0.2) is 4.98 Å². The molecule has 0 aliphatic heterocycles. The Hall–Kier alpha value is -5.93. The molecule has 0 amide bonds. The minimum Gasteiger partial charge on any atom is -0.435 e. The Morgan fingerprint density at radius 2 is 1.31 bits per heavy atom. The van der Waals surface area contributed by atoms with Crippen LogP contribution in [-0.4, -0.2) is 4.98 Å². The van der Waals surface area contributed by atoms with Crippen LogP contribution in [0.15, 0.2) is 168 Å². The fourth-order valence-corrected chi connectivity index (χ4v) is 7.33. The van der Waals surface area contributed by atoms with Gasteiger partial charge in [0.1, 0.15) is 5.52 Å². The van der Waals surface area contributed by atoms with Crippen LogP contribution < -0.4 is 4.90 Å². The third-order valence-corrected chi connectivity index (χ3v) is 9.69. The third kappa shape index (κ3) is 5.05. The fourth-order valence-electron chi connectivity index (χ4n) is 7.33. The second kappa shape index (κ2) is 12.0. The summed E-state index contributed by atoms with van der Waals surface area (Å²) in [6.45, 7) is 0. The van der Waals surface area contributed by atoms with Crippen molar-refractivity contribution >= 4 is 44.4 Å². The molecule has 1 aromatic heterocycles. The van der Waals surface area contributed by atoms with E-state index in [9.17, 15) is 0 Å². The van der Waals surface area contributed by atoms with E-state index < -0.39 is 0 Å². The number of anilines is 2. The van der Waals surface area contributed by atoms with Crippen LogP contribution in [0.5, 0.6) is 0 Å². The van der Waals surface area contributed by atoms with Gasteiger partial charge in [0.15, 0.2) is 5.58 Å². The number of hydrogen-bond acceptors (Lipinski definition) is 3. The van der Waals surface area contributed by atoms with Gasteiger partial charge >= 0.3 is 0 Å². The van der Waals surface area contributed by atoms with Crippen molar-refractivity contribution in [3.63, 3.8) is 0 Å². The van der Waals surface area contributed by atoms with Crippen molar-refractivity contribution in [2.45, 2.75) is 25.7 Å². The van der Waals surface area contributed by atoms with E-state index >= 15 is 0 Å². The molecule has 3 nitrogen and oxygen atoms in total. The van der Waals surface area contributed by atoms with E-state index in [2.05, 4.69) is 144 Å². The van der Waals surface area contributed by atoms with Gasteiger partial charge in [0.25, 0.3) is 0 Å². The topological polar surface area (TPSA) is 29.3 Å². The molecular weight excluding hydrogens is 585 g/mol. The number of aryl methyl sites for hydroxylation is 1. The largest absolute Gasteiger partial charge is 0.435 e. The first-order valence-corrected chi connectivity index (χ1v) is 16.8. The molecule has 0 unspecified atom stereocenters. The molecule has 48 heavy (non-hydrogen) atoms. The molecule has 0 radical (unpaired) electrons. The van der Waals surface area contributed by atoms with E-state index in [1.54, 1.807) is 0 Å². The monoisotopic (exact) mass is 618 g/mol. The van der Waals surface area contributed by atoms with Crippen LogP contribution in [0.4, 0.5) is 11.4 Å². The fraction of sp³-hybridized carbons (Fsp3) is 0.0889. The maximum Gasteiger partial charge on any atom is 0.227 e. The highest BCUT2D eigenvalue weighted by molar-refractivity contribution is 6.08. The Balaban J connectivity index is 1.10. The first-order chi connectivity index (χ1) is 23.8. The van der Waals surface area contributed by atoms with Crippen molar-refractivity contribution in [2.24, 2.45) is 0 Å². The SMILES string of the molecule is C1=C(c2ccc(N(C3=CC=C(c4cc5ccccc5c5oc(-c6ccccc6)nc45)CC3)c3ccccc3)cc2)c2ccccc2CC1. The Morgan fingerprint density at radius 3 is 2.12 bits per heavy atom. The maximum absolute atomic E-state index is 6.48. The zero-order chi connectivity index (χ0) is 31.9. The quantitative estimate of drug-likeness (QED) is 0.186. The second-order valence-corrected chi connectivity index (χ2v) is 12.6. The summed E-state index contributed by atoms with van der Waals surface area (Å²) in [6.07, 6.45) is 11.0. The molecule has 6 aromatic carbocycles. The van der Waals surface area contributed by atoms with Crippen molar-refractivity contribution in [3.8, 4) is 11.5 Å². The molecule has 9 rings (SSSR count). The standard InChI is InChI=1S/C45H34N2O/c1-3-13-34(14-4-1)45-46-43-42(30-35-15-8-10-20-41(35)44(43)48-45)33-24-28-38(29-25-33)47(36-17-5-2-6-18-36)37-26-22-32(23-27-37)40-21-11-16-31-12-7-9-19-39(31)40/h1-10,12-15,17-24,26-28,30H,11,16,25,29H2. The van der Waals surface area contributed by atoms with Crippen molar-refractivity contribution < 1.29 is 4.42 Å². The molecule has 3 heteroatoms. The lowest BCUT2D eigenvalue weighted by molar-refractivity contribution is 0.623. The lowest BCUT2D eigenvalue weighted by Crippen LogP contribution is -2.18. The van der Waals surface area contributed by atoms with Gasteiger partial charge in [-0.2, -0.15) is 0 Å². The first-order valence-electron chi connectivity index (χ1n) is 16.8. The normalized spacial score (nSPS) is 14.3. The van der Waals surface area contributed by atoms with Gasteiger partial charge in [0, 0.05) is 33.6 Å². The Morgan fingerprint density at radius 1 is 0.583 bits per heavy atom. The van der Waals surface area contributed by atoms with Crippen molar-refractivity contribution in [1.82, 2.24) is 4.98 Å². The van der Waals surface area contributed by atoms with E-state index in [0.717, 1.165) is 70.1 Å². The summed E-state index contributed by atoms with van der Waals surface area (Å²) in [7, 11) is 0. The Kier molecular flexibility index (Phi) is 7.09. The third-order valence-electron chi connectivity index (χ3n) is 9.69. The van der Waals surface area contributed by atoms with Gasteiger partial charge in [-0.1, -0.05) is 109 Å². The first kappa shape index (κ1) is 28.3. The van der Waals surface area contributed by atoms with Gasteiger partial charge in [0.2, 0.25) is 5.89 Å². The number of rotatable bonds is 6. The number of hydrogen-bond donors (Lipinski definition) is 0. The average Bonchev–Trinajstić information content (AvgIpc) is 3.62. The lowest BCUT2D eigenvalue weighted by atomic mass is 9.87. The molecule has 0 atom stereocenters. The van der Waals surface area contributed by atoms with Gasteiger partial charge in [-0.15, -0.1) is 0 Å². The molecule has 0 spiro atoms. The highest BCUT2D eigenvalue weighted by atomic mass is 16.3. The second-order valence-electron chi connectivity index (χ2n) is 12.6. The van der Waals surface area contributed by atoms with Crippen LogP contribution in [0.2, 0.25) is 0 Å². The maximum atomic E-state index is 6.48. The van der Waals surface area contributed by atoms with Crippen LogP contribution in [-0.2, 0) is 6.42 Å². The van der Waals surface area contributed by atoms with Crippen LogP contribution in [0.3, 0.4) is 0 Å². The molecule has 7 aromatic rings. The van der Waals surface area contributed by atoms with E-state index in [-0.39, 0.29) is 0 Å². The predicted molar refractivity (Wildman–Crippen MR) is 199 cm³/mol. The van der Waals surface area contributed by atoms with E-state index in [1.165, 1.54) is 33.5 Å². The lowest BCUT2D eigenvalue weighted by Gasteiger charge is -2.30. The number of nitrogens with zero attached hydrogens (tertiary/aromatic N) is 2. The predicted octanol–water partition coefficient (Wildman–Crippen LogP) is 11.9. The minimum absolute atomic E-state index is 0.655. The highest BCUT2D eigenvalue weighted by Crippen LogP contribution is 2.41. The van der Waals surface area contributed by atoms with Crippen molar-refractivity contribution in [1.29, 1.82) is 0 Å². The van der Waals surface area contributed by atoms with Crippen LogP contribution >= 0.6 is 0 Å². The summed E-state index contributed by atoms with van der Waals surface area (Å²) in [5.74, 6) is 0.655. The Bertz CT molecular complexity index is 2380. The van der Waals surface area contributed by atoms with Gasteiger partial charge in [-0.05, 0) is 107 Å². The van der Waals surface area contributed by atoms with E-state index in [4.69, 9.17) is 9.40 Å². The number of fused-ring (bicyclic) bond motifs is 4. The number of para-hydroxylation sites is 1. The molecule has 2 aliphatic carbocycles. The molecule has 2 aliphatic rings. The van der Waals surface area contributed by atoms with Gasteiger partial charge in [0.05, 0.1) is 0 Å². The van der Waals surface area contributed by atoms with Crippen LogP contribution in [0, 0.1) is 0 Å². The van der Waals surface area contributed by atoms with E-state index in [1.807, 2.05) is 18.2 Å². The number of aromatic nitrogens is 1. The Labute approximate surface area is 280 Å². The zero-order valence-electron chi connectivity index (χ0n) is 26.6. The molecule has 0 saturated heterocycles. The molecule has 0 N–H and O–H groups in total. The molecule has 0 bridgehead atoms. The highest BCUT2D eigenvalue weighted by Gasteiger charge is 2.22. The molecule has 0 fully saturated rings. The summed E-state index contributed by atoms with van der Waals surface area (Å²) in [5.41, 5.74) is 14.1. The van der Waals surface area contributed by atoms with Crippen LogP contribution in [0.1, 0.15) is 41.5 Å².